The maximum Gasteiger partial charge on any atom is 0.472 e. The van der Waals surface area contributed by atoms with Crippen molar-refractivity contribution in [3.63, 3.8) is 0 Å². The van der Waals surface area contributed by atoms with Gasteiger partial charge in [-0.3, -0.25) is 28.2 Å². The van der Waals surface area contributed by atoms with E-state index in [0.717, 1.165) is 51.4 Å². The molecule has 13 heteroatoms. The molecule has 0 bridgehead atoms. The van der Waals surface area contributed by atoms with Gasteiger partial charge in [0.25, 0.3) is 0 Å². The summed E-state index contributed by atoms with van der Waals surface area (Å²) in [5.74, 6) is -2.35. The second kappa shape index (κ2) is 35.8. The fraction of sp³-hybridized carbons (Fsp3) is 0.707. The summed E-state index contributed by atoms with van der Waals surface area (Å²) in [7, 11) is -4.74. The number of unbranched alkanes of at least 4 members (excludes halogenated alkanes) is 14. The molecule has 0 fully saturated rings. The number of carbonyl (C=O) groups is 4. The monoisotopic (exact) mass is 783 g/mol. The molecule has 0 aliphatic carbocycles. The van der Waals surface area contributed by atoms with Gasteiger partial charge in [0.1, 0.15) is 12.6 Å². The lowest BCUT2D eigenvalue weighted by Gasteiger charge is -2.20. The van der Waals surface area contributed by atoms with Crippen molar-refractivity contribution in [2.75, 3.05) is 19.8 Å². The van der Waals surface area contributed by atoms with E-state index in [4.69, 9.17) is 24.8 Å². The zero-order valence-electron chi connectivity index (χ0n) is 33.0. The summed E-state index contributed by atoms with van der Waals surface area (Å²) in [6, 6.07) is -1.54. The highest BCUT2D eigenvalue weighted by atomic mass is 31.2. The van der Waals surface area contributed by atoms with Crippen molar-refractivity contribution in [3.8, 4) is 0 Å². The van der Waals surface area contributed by atoms with Gasteiger partial charge < -0.3 is 25.2 Å². The molecule has 1 unspecified atom stereocenters. The molecule has 0 saturated carbocycles. The number of ether oxygens (including phenoxy) is 2. The van der Waals surface area contributed by atoms with Gasteiger partial charge in [-0.2, -0.15) is 0 Å². The first-order valence-electron chi connectivity index (χ1n) is 20.1. The normalized spacial score (nSPS) is 14.2. The molecule has 0 aromatic rings. The minimum absolute atomic E-state index is 0.0592. The molecule has 0 rings (SSSR count). The van der Waals surface area contributed by atoms with Crippen LogP contribution in [-0.2, 0) is 42.3 Å². The number of carboxylic acid groups (broad SMARTS) is 1. The highest BCUT2D eigenvalue weighted by Crippen LogP contribution is 2.43. The first kappa shape index (κ1) is 51.1. The summed E-state index contributed by atoms with van der Waals surface area (Å²) in [6.07, 6.45) is 34.6. The molecule has 0 saturated heterocycles. The van der Waals surface area contributed by atoms with Crippen LogP contribution in [0, 0.1) is 0 Å². The molecule has 12 nitrogen and oxygen atoms in total. The zero-order chi connectivity index (χ0) is 40.1. The molecule has 0 aliphatic heterocycles. The fourth-order valence-corrected chi connectivity index (χ4v) is 5.85. The van der Waals surface area contributed by atoms with Crippen LogP contribution in [0.5, 0.6) is 0 Å². The molecule has 3 atom stereocenters. The van der Waals surface area contributed by atoms with Crippen LogP contribution in [0.15, 0.2) is 48.6 Å². The van der Waals surface area contributed by atoms with Crippen LogP contribution in [0.3, 0.4) is 0 Å². The number of hydrogen-bond donors (Lipinski definition) is 3. The highest BCUT2D eigenvalue weighted by molar-refractivity contribution is 7.47. The van der Waals surface area contributed by atoms with E-state index in [1.54, 1.807) is 12.2 Å². The average molecular weight is 784 g/mol. The van der Waals surface area contributed by atoms with Crippen LogP contribution in [0.25, 0.3) is 0 Å². The van der Waals surface area contributed by atoms with Crippen molar-refractivity contribution >= 4 is 31.5 Å². The standard InChI is InChI=1S/C41H70NO11P/c1-3-5-7-8-9-10-11-14-17-20-23-27-31-39(44)50-33-37(34-51-54(48,49)52-35-38(42)41(46)47)53-40(45)32-28-24-21-18-15-12-13-16-19-22-26-30-36(43)29-25-6-4-2/h12-13,18-19,21-22,26,30,37-38H,3-11,14-17,20,23-25,27-29,31-35,42H2,1-2H3,(H,46,47)(H,48,49)/b13-12-,21-18-,22-19-,30-26+/t37-,38+/m1/s1. The van der Waals surface area contributed by atoms with E-state index in [2.05, 4.69) is 18.4 Å². The third-order valence-electron chi connectivity index (χ3n) is 8.31. The SMILES string of the molecule is CCCCCCCCCCCCCCC(=O)OC[C@H](COP(=O)(O)OC[C@H](N)C(=O)O)OC(=O)CCC/C=C\C/C=C\C/C=C\C=C\C(=O)CCCCC. The maximum atomic E-state index is 12.6. The predicted molar refractivity (Wildman–Crippen MR) is 213 cm³/mol. The molecule has 0 radical (unpaired) electrons. The van der Waals surface area contributed by atoms with Gasteiger partial charge in [-0.05, 0) is 44.6 Å². The van der Waals surface area contributed by atoms with E-state index < -0.39 is 51.1 Å². The number of hydrogen-bond acceptors (Lipinski definition) is 10. The number of nitrogens with two attached hydrogens (primary N) is 1. The molecule has 0 heterocycles. The summed E-state index contributed by atoms with van der Waals surface area (Å²) in [6.45, 7) is 2.55. The Morgan fingerprint density at radius 1 is 0.630 bits per heavy atom. The van der Waals surface area contributed by atoms with E-state index in [1.807, 2.05) is 36.5 Å². The molecule has 0 spiro atoms. The summed E-state index contributed by atoms with van der Waals surface area (Å²) in [4.78, 5) is 57.5. The van der Waals surface area contributed by atoms with Gasteiger partial charge in [-0.15, -0.1) is 0 Å². The average Bonchev–Trinajstić information content (AvgIpc) is 3.14. The van der Waals surface area contributed by atoms with Gasteiger partial charge in [0.15, 0.2) is 11.9 Å². The Balaban J connectivity index is 4.56. The second-order valence-corrected chi connectivity index (χ2v) is 14.9. The minimum Gasteiger partial charge on any atom is -0.480 e. The van der Waals surface area contributed by atoms with Crippen LogP contribution in [-0.4, -0.2) is 65.7 Å². The van der Waals surface area contributed by atoms with Gasteiger partial charge in [-0.1, -0.05) is 140 Å². The van der Waals surface area contributed by atoms with Crippen molar-refractivity contribution in [2.24, 2.45) is 5.73 Å². The number of carboxylic acids is 1. The topological polar surface area (TPSA) is 189 Å². The van der Waals surface area contributed by atoms with Gasteiger partial charge in [0.2, 0.25) is 0 Å². The third-order valence-corrected chi connectivity index (χ3v) is 9.26. The van der Waals surface area contributed by atoms with E-state index in [0.29, 0.717) is 25.7 Å². The first-order chi connectivity index (χ1) is 26.0. The van der Waals surface area contributed by atoms with E-state index in [-0.39, 0.29) is 25.2 Å². The van der Waals surface area contributed by atoms with E-state index in [9.17, 15) is 28.6 Å². The van der Waals surface area contributed by atoms with E-state index in [1.165, 1.54) is 51.4 Å². The zero-order valence-corrected chi connectivity index (χ0v) is 33.9. The van der Waals surface area contributed by atoms with Gasteiger partial charge in [0, 0.05) is 19.3 Å². The summed E-state index contributed by atoms with van der Waals surface area (Å²) >= 11 is 0. The molecule has 0 aromatic heterocycles. The van der Waals surface area contributed by atoms with Crippen molar-refractivity contribution in [2.45, 2.75) is 167 Å². The van der Waals surface area contributed by atoms with Crippen LogP contribution in [0.4, 0.5) is 0 Å². The lowest BCUT2D eigenvalue weighted by Crippen LogP contribution is -2.34. The molecule has 0 amide bonds. The molecule has 4 N–H and O–H groups in total. The Morgan fingerprint density at radius 3 is 1.78 bits per heavy atom. The van der Waals surface area contributed by atoms with Crippen LogP contribution >= 0.6 is 7.82 Å². The van der Waals surface area contributed by atoms with Gasteiger partial charge in [0.05, 0.1) is 13.2 Å². The maximum absolute atomic E-state index is 12.6. The van der Waals surface area contributed by atoms with Crippen molar-refractivity contribution < 1.29 is 52.3 Å². The third kappa shape index (κ3) is 34.9. The fourth-order valence-electron chi connectivity index (χ4n) is 5.07. The molecule has 0 aliphatic rings. The number of aliphatic carboxylic acids is 1. The predicted octanol–water partition coefficient (Wildman–Crippen LogP) is 9.40. The minimum atomic E-state index is -4.74. The largest absolute Gasteiger partial charge is 0.480 e. The lowest BCUT2D eigenvalue weighted by molar-refractivity contribution is -0.161. The van der Waals surface area contributed by atoms with Crippen LogP contribution in [0.1, 0.15) is 155 Å². The lowest BCUT2D eigenvalue weighted by atomic mass is 10.0. The Bertz CT molecular complexity index is 1170. The van der Waals surface area contributed by atoms with Crippen LogP contribution in [0.2, 0.25) is 0 Å². The van der Waals surface area contributed by atoms with E-state index >= 15 is 0 Å². The molecule has 310 valence electrons. The Morgan fingerprint density at radius 2 is 1.15 bits per heavy atom. The quantitative estimate of drug-likeness (QED) is 0.0135. The smallest absolute Gasteiger partial charge is 0.472 e. The summed E-state index contributed by atoms with van der Waals surface area (Å²) < 4.78 is 32.5. The second-order valence-electron chi connectivity index (χ2n) is 13.5. The van der Waals surface area contributed by atoms with Crippen molar-refractivity contribution in [1.29, 1.82) is 0 Å². The number of esters is 2. The Hall–Kier alpha value is -2.89. The van der Waals surface area contributed by atoms with Gasteiger partial charge in [-0.25, -0.2) is 4.57 Å². The molecule has 0 aromatic carbocycles. The molecular weight excluding hydrogens is 713 g/mol. The molecule has 54 heavy (non-hydrogen) atoms. The number of phosphoric acid groups is 1. The Labute approximate surface area is 324 Å². The number of ketones is 1. The van der Waals surface area contributed by atoms with Crippen LogP contribution < -0.4 is 5.73 Å². The first-order valence-corrected chi connectivity index (χ1v) is 21.6. The Kier molecular flexibility index (Phi) is 33.9. The van der Waals surface area contributed by atoms with Crippen molar-refractivity contribution in [1.82, 2.24) is 0 Å². The number of phosphoric ester groups is 1. The van der Waals surface area contributed by atoms with Crippen molar-refractivity contribution in [3.05, 3.63) is 48.6 Å². The molecular formula is C41H70NO11P. The number of rotatable bonds is 37. The van der Waals surface area contributed by atoms with Gasteiger partial charge >= 0.3 is 25.7 Å². The highest BCUT2D eigenvalue weighted by Gasteiger charge is 2.28. The number of carbonyl (C=O) groups excluding carboxylic acids is 3. The summed E-state index contributed by atoms with van der Waals surface area (Å²) in [5.41, 5.74) is 5.31. The summed E-state index contributed by atoms with van der Waals surface area (Å²) in [5, 5.41) is 8.86. The number of allylic oxidation sites excluding steroid dienone is 8.